The summed E-state index contributed by atoms with van der Waals surface area (Å²) in [6, 6.07) is 11.5. The lowest BCUT2D eigenvalue weighted by Gasteiger charge is -2.53. The van der Waals surface area contributed by atoms with Crippen molar-refractivity contribution >= 4 is 5.97 Å². The number of aliphatic carboxylic acids is 1. The van der Waals surface area contributed by atoms with Crippen LogP contribution in [0.2, 0.25) is 0 Å². The third kappa shape index (κ3) is 3.67. The molecule has 142 valence electrons. The van der Waals surface area contributed by atoms with Crippen molar-refractivity contribution in [2.45, 2.75) is 69.4 Å². The van der Waals surface area contributed by atoms with Crippen molar-refractivity contribution in [2.75, 3.05) is 19.6 Å². The first kappa shape index (κ1) is 18.0. The molecule has 2 N–H and O–H groups in total. The summed E-state index contributed by atoms with van der Waals surface area (Å²) in [6.07, 6.45) is 7.24. The average molecular weight is 357 g/mol. The number of carboxylic acids is 1. The predicted molar refractivity (Wildman–Crippen MR) is 103 cm³/mol. The van der Waals surface area contributed by atoms with Gasteiger partial charge in [-0.15, -0.1) is 0 Å². The zero-order valence-electron chi connectivity index (χ0n) is 15.9. The number of hydrogen-bond donors (Lipinski definition) is 2. The van der Waals surface area contributed by atoms with E-state index in [1.54, 1.807) is 0 Å². The molecule has 2 saturated carbocycles. The van der Waals surface area contributed by atoms with Crippen molar-refractivity contribution in [3.8, 4) is 0 Å². The largest absolute Gasteiger partial charge is 0.481 e. The third-order valence-electron chi connectivity index (χ3n) is 7.22. The maximum absolute atomic E-state index is 11.3. The Morgan fingerprint density at radius 2 is 1.88 bits per heavy atom. The molecule has 4 heteroatoms. The van der Waals surface area contributed by atoms with E-state index in [2.05, 4.69) is 47.5 Å². The van der Waals surface area contributed by atoms with Crippen molar-refractivity contribution in [2.24, 2.45) is 5.41 Å². The molecule has 3 fully saturated rings. The van der Waals surface area contributed by atoms with Gasteiger partial charge in [0.05, 0.1) is 6.42 Å². The standard InChI is InChI=1S/C22H32N2O2/c1-21(16-23-19-14-18(19)17-6-3-2-4-7-17)10-12-24(13-11-21)22(8-5-9-22)15-20(25)26/h2-4,6-7,18-19,23H,5,8-16H2,1H3,(H,25,26)/t18?,19-/m1/s1. The highest BCUT2D eigenvalue weighted by Crippen LogP contribution is 2.45. The molecule has 4 rings (SSSR count). The van der Waals surface area contributed by atoms with Gasteiger partial charge in [0.15, 0.2) is 0 Å². The van der Waals surface area contributed by atoms with Gasteiger partial charge in [0.1, 0.15) is 0 Å². The molecule has 2 atom stereocenters. The maximum atomic E-state index is 11.3. The maximum Gasteiger partial charge on any atom is 0.305 e. The molecular weight excluding hydrogens is 324 g/mol. The van der Waals surface area contributed by atoms with Crippen LogP contribution in [0, 0.1) is 5.41 Å². The number of likely N-dealkylation sites (tertiary alicyclic amines) is 1. The van der Waals surface area contributed by atoms with E-state index >= 15 is 0 Å². The zero-order chi connectivity index (χ0) is 18.2. The van der Waals surface area contributed by atoms with E-state index in [4.69, 9.17) is 0 Å². The highest BCUT2D eigenvalue weighted by atomic mass is 16.4. The third-order valence-corrected chi connectivity index (χ3v) is 7.22. The van der Waals surface area contributed by atoms with Gasteiger partial charge in [-0.05, 0) is 62.6 Å². The summed E-state index contributed by atoms with van der Waals surface area (Å²) in [5.41, 5.74) is 1.77. The lowest BCUT2D eigenvalue weighted by Crippen LogP contribution is -2.58. The molecule has 0 spiro atoms. The fourth-order valence-corrected chi connectivity index (χ4v) is 5.04. The Kier molecular flexibility index (Phi) is 4.83. The molecule has 3 aliphatic rings. The quantitative estimate of drug-likeness (QED) is 0.783. The summed E-state index contributed by atoms with van der Waals surface area (Å²) in [5.74, 6) is 0.0501. The number of piperidine rings is 1. The molecule has 1 heterocycles. The van der Waals surface area contributed by atoms with Gasteiger partial charge in [-0.2, -0.15) is 0 Å². The fourth-order valence-electron chi connectivity index (χ4n) is 5.04. The summed E-state index contributed by atoms with van der Waals surface area (Å²) < 4.78 is 0. The lowest BCUT2D eigenvalue weighted by molar-refractivity contribution is -0.143. The second-order valence-electron chi connectivity index (χ2n) is 9.19. The first-order chi connectivity index (χ1) is 12.5. The van der Waals surface area contributed by atoms with Crippen molar-refractivity contribution < 1.29 is 9.90 Å². The van der Waals surface area contributed by atoms with Crippen LogP contribution in [-0.2, 0) is 4.79 Å². The molecule has 1 aliphatic heterocycles. The molecule has 0 aromatic heterocycles. The predicted octanol–water partition coefficient (Wildman–Crippen LogP) is 3.63. The minimum Gasteiger partial charge on any atom is -0.481 e. The minimum absolute atomic E-state index is 0.0323. The Balaban J connectivity index is 1.26. The van der Waals surface area contributed by atoms with Gasteiger partial charge in [0, 0.05) is 24.0 Å². The van der Waals surface area contributed by atoms with E-state index in [0.29, 0.717) is 23.8 Å². The molecule has 1 aromatic carbocycles. The number of carboxylic acid groups (broad SMARTS) is 1. The highest BCUT2D eigenvalue weighted by Gasteiger charge is 2.47. The number of rotatable bonds is 7. The van der Waals surface area contributed by atoms with Crippen LogP contribution in [0.1, 0.15) is 63.4 Å². The van der Waals surface area contributed by atoms with E-state index in [0.717, 1.165) is 32.5 Å². The van der Waals surface area contributed by atoms with Gasteiger partial charge >= 0.3 is 5.97 Å². The molecule has 0 bridgehead atoms. The molecule has 1 saturated heterocycles. The number of hydrogen-bond acceptors (Lipinski definition) is 3. The van der Waals surface area contributed by atoms with Crippen molar-refractivity contribution in [1.82, 2.24) is 10.2 Å². The Morgan fingerprint density at radius 3 is 2.46 bits per heavy atom. The molecule has 4 nitrogen and oxygen atoms in total. The first-order valence-corrected chi connectivity index (χ1v) is 10.3. The number of nitrogens with one attached hydrogen (secondary N) is 1. The van der Waals surface area contributed by atoms with Crippen LogP contribution in [-0.4, -0.2) is 47.2 Å². The topological polar surface area (TPSA) is 52.6 Å². The Bertz CT molecular complexity index is 633. The van der Waals surface area contributed by atoms with Gasteiger partial charge in [-0.25, -0.2) is 0 Å². The van der Waals surface area contributed by atoms with E-state index < -0.39 is 5.97 Å². The molecule has 0 radical (unpaired) electrons. The van der Waals surface area contributed by atoms with Crippen molar-refractivity contribution in [1.29, 1.82) is 0 Å². The molecule has 0 amide bonds. The van der Waals surface area contributed by atoms with Crippen molar-refractivity contribution in [3.63, 3.8) is 0 Å². The van der Waals surface area contributed by atoms with Crippen LogP contribution >= 0.6 is 0 Å². The average Bonchev–Trinajstić information content (AvgIpc) is 3.38. The summed E-state index contributed by atoms with van der Waals surface area (Å²) >= 11 is 0. The van der Waals surface area contributed by atoms with Crippen LogP contribution in [0.25, 0.3) is 0 Å². The van der Waals surface area contributed by atoms with Gasteiger partial charge in [0.2, 0.25) is 0 Å². The highest BCUT2D eigenvalue weighted by molar-refractivity contribution is 5.68. The van der Waals surface area contributed by atoms with E-state index in [-0.39, 0.29) is 5.54 Å². The van der Waals surface area contributed by atoms with E-state index in [9.17, 15) is 9.90 Å². The summed E-state index contributed by atoms with van der Waals surface area (Å²) in [4.78, 5) is 13.8. The monoisotopic (exact) mass is 356 g/mol. The van der Waals surface area contributed by atoms with Crippen molar-refractivity contribution in [3.05, 3.63) is 35.9 Å². The second-order valence-corrected chi connectivity index (χ2v) is 9.19. The van der Waals surface area contributed by atoms with E-state index in [1.807, 2.05) is 0 Å². The van der Waals surface area contributed by atoms with Gasteiger partial charge in [-0.3, -0.25) is 9.69 Å². The zero-order valence-corrected chi connectivity index (χ0v) is 15.9. The number of benzene rings is 1. The Hall–Kier alpha value is -1.39. The van der Waals surface area contributed by atoms with Crippen LogP contribution in [0.5, 0.6) is 0 Å². The number of carbonyl (C=O) groups is 1. The molecular formula is C22H32N2O2. The number of nitrogens with zero attached hydrogens (tertiary/aromatic N) is 1. The van der Waals surface area contributed by atoms with Gasteiger partial charge in [0.25, 0.3) is 0 Å². The Labute approximate surface area is 157 Å². The SMILES string of the molecule is CC1(CN[C@@H]2CC2c2ccccc2)CCN(C2(CC(=O)O)CCC2)CC1. The lowest BCUT2D eigenvalue weighted by atomic mass is 9.70. The van der Waals surface area contributed by atoms with Crippen LogP contribution in [0.3, 0.4) is 0 Å². The van der Waals surface area contributed by atoms with Crippen LogP contribution < -0.4 is 5.32 Å². The summed E-state index contributed by atoms with van der Waals surface area (Å²) in [6.45, 7) is 5.60. The smallest absolute Gasteiger partial charge is 0.305 e. The first-order valence-electron chi connectivity index (χ1n) is 10.3. The van der Waals surface area contributed by atoms with Crippen LogP contribution in [0.4, 0.5) is 0 Å². The van der Waals surface area contributed by atoms with Crippen LogP contribution in [0.15, 0.2) is 30.3 Å². The fraction of sp³-hybridized carbons (Fsp3) is 0.682. The summed E-state index contributed by atoms with van der Waals surface area (Å²) in [5, 5.41) is 13.1. The normalized spacial score (nSPS) is 29.7. The van der Waals surface area contributed by atoms with Gasteiger partial charge < -0.3 is 10.4 Å². The second kappa shape index (κ2) is 6.97. The summed E-state index contributed by atoms with van der Waals surface area (Å²) in [7, 11) is 0. The molecule has 1 aromatic rings. The minimum atomic E-state index is -0.639. The van der Waals surface area contributed by atoms with Gasteiger partial charge in [-0.1, -0.05) is 37.3 Å². The molecule has 2 aliphatic carbocycles. The Morgan fingerprint density at radius 1 is 1.19 bits per heavy atom. The molecule has 26 heavy (non-hydrogen) atoms. The van der Waals surface area contributed by atoms with E-state index in [1.165, 1.54) is 31.2 Å². The molecule has 1 unspecified atom stereocenters.